The first-order valence-corrected chi connectivity index (χ1v) is 3.96. The molecular weight excluding hydrogens is 215 g/mol. The first kappa shape index (κ1) is 14.3. The van der Waals surface area contributed by atoms with Crippen LogP contribution in [0.5, 0.6) is 0 Å². The van der Waals surface area contributed by atoms with Crippen molar-refractivity contribution in [3.8, 4) is 12.1 Å². The molecule has 16 heavy (non-hydrogen) atoms. The molecule has 1 rings (SSSR count). The van der Waals surface area contributed by atoms with Crippen molar-refractivity contribution in [2.75, 3.05) is 11.5 Å². The average Bonchev–Trinajstić information content (AvgIpc) is 2.18. The number of anilines is 2. The number of rotatable bonds is 1. The van der Waals surface area contributed by atoms with Gasteiger partial charge in [0, 0.05) is 11.4 Å². The van der Waals surface area contributed by atoms with Crippen LogP contribution in [0.4, 0.5) is 11.4 Å². The number of nitrogens with zero attached hydrogens (tertiary/aromatic N) is 2. The Labute approximate surface area is 115 Å². The first-order valence-electron chi connectivity index (χ1n) is 3.96. The predicted octanol–water partition coefficient (Wildman–Crippen LogP) is -3.03. The van der Waals surface area contributed by atoms with E-state index in [4.69, 9.17) is 22.0 Å². The quantitative estimate of drug-likeness (QED) is 0.226. The van der Waals surface area contributed by atoms with E-state index in [0.717, 1.165) is 0 Å². The van der Waals surface area contributed by atoms with Crippen LogP contribution in [0.15, 0.2) is 23.8 Å². The van der Waals surface area contributed by atoms with Gasteiger partial charge in [-0.05, 0) is 23.8 Å². The van der Waals surface area contributed by atoms with E-state index in [1.54, 1.807) is 0 Å². The molecule has 6 heteroatoms. The van der Waals surface area contributed by atoms with E-state index in [0.29, 0.717) is 11.4 Å². The van der Waals surface area contributed by atoms with Gasteiger partial charge < -0.3 is 16.6 Å². The van der Waals surface area contributed by atoms with Crippen LogP contribution in [0, 0.1) is 22.7 Å². The average molecular weight is 222 g/mol. The molecular formula is C10H7N4NaO. The van der Waals surface area contributed by atoms with Gasteiger partial charge in [0.05, 0.1) is 0 Å². The number of nitrogens with two attached hydrogens (primary N) is 2. The van der Waals surface area contributed by atoms with Crippen LogP contribution in [0.1, 0.15) is 5.56 Å². The Morgan fingerprint density at radius 1 is 1.06 bits per heavy atom. The molecule has 0 unspecified atom stereocenters. The van der Waals surface area contributed by atoms with Gasteiger partial charge in [-0.15, -0.1) is 0 Å². The van der Waals surface area contributed by atoms with Crippen LogP contribution in [-0.4, -0.2) is 0 Å². The van der Waals surface area contributed by atoms with Crippen molar-refractivity contribution in [2.24, 2.45) is 0 Å². The minimum Gasteiger partial charge on any atom is -0.871 e. The van der Waals surface area contributed by atoms with Crippen molar-refractivity contribution in [2.45, 2.75) is 0 Å². The van der Waals surface area contributed by atoms with Crippen LogP contribution in [0.3, 0.4) is 0 Å². The van der Waals surface area contributed by atoms with E-state index in [1.165, 1.54) is 30.3 Å². The molecule has 0 aliphatic heterocycles. The predicted molar refractivity (Wildman–Crippen MR) is 53.4 cm³/mol. The fourth-order valence-electron chi connectivity index (χ4n) is 1.08. The van der Waals surface area contributed by atoms with Gasteiger partial charge in [-0.2, -0.15) is 10.5 Å². The zero-order valence-corrected chi connectivity index (χ0v) is 10.7. The second-order valence-corrected chi connectivity index (χ2v) is 2.82. The normalized spacial score (nSPS) is 8.12. The summed E-state index contributed by atoms with van der Waals surface area (Å²) in [4.78, 5) is 0. The van der Waals surface area contributed by atoms with Crippen LogP contribution >= 0.6 is 0 Å². The van der Waals surface area contributed by atoms with Crippen LogP contribution in [-0.2, 0) is 0 Å². The third-order valence-corrected chi connectivity index (χ3v) is 1.69. The van der Waals surface area contributed by atoms with Crippen molar-refractivity contribution >= 4 is 17.1 Å². The van der Waals surface area contributed by atoms with Gasteiger partial charge in [0.2, 0.25) is 0 Å². The summed E-state index contributed by atoms with van der Waals surface area (Å²) >= 11 is 0. The van der Waals surface area contributed by atoms with Crippen molar-refractivity contribution in [1.29, 1.82) is 10.5 Å². The van der Waals surface area contributed by atoms with Crippen molar-refractivity contribution in [3.05, 3.63) is 29.3 Å². The zero-order chi connectivity index (χ0) is 11.4. The molecule has 0 radical (unpaired) electrons. The molecule has 0 amide bonds. The molecule has 0 fully saturated rings. The van der Waals surface area contributed by atoms with E-state index >= 15 is 0 Å². The monoisotopic (exact) mass is 222 g/mol. The van der Waals surface area contributed by atoms with Crippen molar-refractivity contribution < 1.29 is 34.7 Å². The second kappa shape index (κ2) is 6.04. The summed E-state index contributed by atoms with van der Waals surface area (Å²) in [5, 5.41) is 28.5. The van der Waals surface area contributed by atoms with Gasteiger partial charge in [0.15, 0.2) is 0 Å². The standard InChI is InChI=1S/C10H8N4O.Na/c11-4-7(5-12)10(15)6-1-8(13)3-9(14)2-6;/h1-3,15H,13-14H2;/q;+1/p-1. The summed E-state index contributed by atoms with van der Waals surface area (Å²) in [6.45, 7) is 0. The van der Waals surface area contributed by atoms with E-state index in [-0.39, 0.29) is 35.1 Å². The summed E-state index contributed by atoms with van der Waals surface area (Å²) in [5.74, 6) is -0.668. The summed E-state index contributed by atoms with van der Waals surface area (Å²) in [6, 6.07) is 7.24. The summed E-state index contributed by atoms with van der Waals surface area (Å²) in [5.41, 5.74) is 11.2. The molecule has 1 aromatic carbocycles. The van der Waals surface area contributed by atoms with E-state index in [1.807, 2.05) is 0 Å². The van der Waals surface area contributed by atoms with Crippen LogP contribution < -0.4 is 46.1 Å². The molecule has 0 saturated carbocycles. The molecule has 74 valence electrons. The number of nitrogen functional groups attached to an aromatic ring is 2. The molecule has 0 atom stereocenters. The Bertz CT molecular complexity index is 474. The zero-order valence-electron chi connectivity index (χ0n) is 8.69. The summed E-state index contributed by atoms with van der Waals surface area (Å²) in [7, 11) is 0. The number of nitriles is 2. The van der Waals surface area contributed by atoms with Crippen molar-refractivity contribution in [3.63, 3.8) is 0 Å². The Hall–Kier alpha value is -1.66. The number of hydrogen-bond acceptors (Lipinski definition) is 5. The largest absolute Gasteiger partial charge is 1.00 e. The number of hydrogen-bond donors (Lipinski definition) is 2. The van der Waals surface area contributed by atoms with Crippen LogP contribution in [0.2, 0.25) is 0 Å². The van der Waals surface area contributed by atoms with Crippen molar-refractivity contribution in [1.82, 2.24) is 0 Å². The van der Waals surface area contributed by atoms with Gasteiger partial charge >= 0.3 is 29.6 Å². The molecule has 0 aliphatic carbocycles. The Balaban J connectivity index is 0.00000225. The third-order valence-electron chi connectivity index (χ3n) is 1.69. The number of benzene rings is 1. The fourth-order valence-corrected chi connectivity index (χ4v) is 1.08. The molecule has 0 saturated heterocycles. The van der Waals surface area contributed by atoms with Gasteiger partial charge in [-0.3, -0.25) is 0 Å². The molecule has 1 aromatic rings. The topological polar surface area (TPSA) is 123 Å². The SMILES string of the molecule is N#CC(C#N)=C([O-])c1cc(N)cc(N)c1.[Na+]. The van der Waals surface area contributed by atoms with Crippen LogP contribution in [0.25, 0.3) is 5.76 Å². The molecule has 0 heterocycles. The molecule has 0 spiro atoms. The van der Waals surface area contributed by atoms with Gasteiger partial charge in [-0.25, -0.2) is 0 Å². The minimum absolute atomic E-state index is 0. The van der Waals surface area contributed by atoms with Gasteiger partial charge in [-0.1, -0.05) is 5.76 Å². The maximum Gasteiger partial charge on any atom is 1.00 e. The maximum absolute atomic E-state index is 11.5. The summed E-state index contributed by atoms with van der Waals surface area (Å²) in [6.07, 6.45) is 0. The minimum atomic E-state index is -0.668. The Kier molecular flexibility index (Phi) is 5.41. The number of allylic oxidation sites excluding steroid dienone is 1. The van der Waals surface area contributed by atoms with E-state index in [9.17, 15) is 5.11 Å². The van der Waals surface area contributed by atoms with Gasteiger partial charge in [0.1, 0.15) is 17.7 Å². The maximum atomic E-state index is 11.5. The molecule has 0 aliphatic rings. The van der Waals surface area contributed by atoms with E-state index in [2.05, 4.69) is 0 Å². The molecule has 5 nitrogen and oxygen atoms in total. The Morgan fingerprint density at radius 3 is 1.88 bits per heavy atom. The summed E-state index contributed by atoms with van der Waals surface area (Å²) < 4.78 is 0. The Morgan fingerprint density at radius 2 is 1.50 bits per heavy atom. The smallest absolute Gasteiger partial charge is 0.871 e. The van der Waals surface area contributed by atoms with E-state index < -0.39 is 11.3 Å². The first-order chi connectivity index (χ1) is 7.08. The second-order valence-electron chi connectivity index (χ2n) is 2.82. The fraction of sp³-hybridized carbons (Fsp3) is 0. The molecule has 0 bridgehead atoms. The van der Waals surface area contributed by atoms with Gasteiger partial charge in [0.25, 0.3) is 0 Å². The third kappa shape index (κ3) is 3.18. The molecule has 0 aromatic heterocycles. The molecule has 4 N–H and O–H groups in total.